The van der Waals surface area contributed by atoms with E-state index in [-0.39, 0.29) is 0 Å². The third kappa shape index (κ3) is 3.94. The predicted molar refractivity (Wildman–Crippen MR) is 73.4 cm³/mol. The van der Waals surface area contributed by atoms with E-state index in [2.05, 4.69) is 29.1 Å². The predicted octanol–water partition coefficient (Wildman–Crippen LogP) is 1.40. The molecule has 3 heteroatoms. The van der Waals surface area contributed by atoms with E-state index in [1.165, 1.54) is 65.0 Å². The van der Waals surface area contributed by atoms with Gasteiger partial charge in [-0.1, -0.05) is 6.92 Å². The van der Waals surface area contributed by atoms with Crippen molar-refractivity contribution in [3.63, 3.8) is 0 Å². The van der Waals surface area contributed by atoms with E-state index < -0.39 is 0 Å². The van der Waals surface area contributed by atoms with E-state index in [0.717, 1.165) is 12.0 Å². The summed E-state index contributed by atoms with van der Waals surface area (Å²) in [5.41, 5.74) is 0. The second kappa shape index (κ2) is 6.72. The summed E-state index contributed by atoms with van der Waals surface area (Å²) in [7, 11) is 2.29. The van der Waals surface area contributed by atoms with Gasteiger partial charge >= 0.3 is 0 Å². The van der Waals surface area contributed by atoms with Crippen LogP contribution in [0.25, 0.3) is 0 Å². The normalized spacial score (nSPS) is 31.4. The molecule has 0 saturated carbocycles. The first kappa shape index (κ1) is 13.3. The molecule has 0 aromatic rings. The molecule has 2 aliphatic heterocycles. The van der Waals surface area contributed by atoms with Gasteiger partial charge < -0.3 is 15.1 Å². The number of hydrogen-bond acceptors (Lipinski definition) is 3. The van der Waals surface area contributed by atoms with Gasteiger partial charge in [-0.3, -0.25) is 0 Å². The number of likely N-dealkylation sites (tertiary alicyclic amines) is 2. The first-order valence-electron chi connectivity index (χ1n) is 7.43. The van der Waals surface area contributed by atoms with E-state index in [9.17, 15) is 0 Å². The third-order valence-corrected chi connectivity index (χ3v) is 4.37. The van der Waals surface area contributed by atoms with Gasteiger partial charge in [-0.25, -0.2) is 0 Å². The summed E-state index contributed by atoms with van der Waals surface area (Å²) < 4.78 is 0. The largest absolute Gasteiger partial charge is 0.316 e. The minimum atomic E-state index is 0.831. The lowest BCUT2D eigenvalue weighted by molar-refractivity contribution is 0.215. The van der Waals surface area contributed by atoms with Crippen LogP contribution >= 0.6 is 0 Å². The van der Waals surface area contributed by atoms with Crippen molar-refractivity contribution in [2.75, 3.05) is 46.3 Å². The Labute approximate surface area is 107 Å². The van der Waals surface area contributed by atoms with Gasteiger partial charge in [-0.15, -0.1) is 0 Å². The maximum atomic E-state index is 3.56. The Morgan fingerprint density at radius 2 is 2.12 bits per heavy atom. The minimum absolute atomic E-state index is 0.831. The Bertz CT molecular complexity index is 220. The molecule has 2 unspecified atom stereocenters. The summed E-state index contributed by atoms with van der Waals surface area (Å²) in [5, 5.41) is 3.56. The van der Waals surface area contributed by atoms with Gasteiger partial charge in [0.1, 0.15) is 0 Å². The monoisotopic (exact) mass is 239 g/mol. The van der Waals surface area contributed by atoms with Crippen LogP contribution in [0.4, 0.5) is 0 Å². The van der Waals surface area contributed by atoms with Crippen LogP contribution in [0.15, 0.2) is 0 Å². The van der Waals surface area contributed by atoms with Crippen molar-refractivity contribution in [1.82, 2.24) is 15.1 Å². The van der Waals surface area contributed by atoms with Crippen molar-refractivity contribution < 1.29 is 0 Å². The van der Waals surface area contributed by atoms with Crippen molar-refractivity contribution >= 4 is 0 Å². The average Bonchev–Trinajstić information content (AvgIpc) is 2.91. The molecule has 0 spiro atoms. The topological polar surface area (TPSA) is 18.5 Å². The smallest absolute Gasteiger partial charge is 0.0220 e. The van der Waals surface area contributed by atoms with Crippen molar-refractivity contribution in [1.29, 1.82) is 0 Å². The maximum Gasteiger partial charge on any atom is 0.0220 e. The summed E-state index contributed by atoms with van der Waals surface area (Å²) >= 11 is 0. The second-order valence-corrected chi connectivity index (χ2v) is 5.90. The van der Waals surface area contributed by atoms with E-state index in [0.29, 0.717) is 0 Å². The fraction of sp³-hybridized carbons (Fsp3) is 1.00. The van der Waals surface area contributed by atoms with Gasteiger partial charge in [0, 0.05) is 19.1 Å². The first-order chi connectivity index (χ1) is 8.29. The minimum Gasteiger partial charge on any atom is -0.316 e. The molecule has 1 N–H and O–H groups in total. The molecule has 2 atom stereocenters. The quantitative estimate of drug-likeness (QED) is 0.707. The molecular formula is C14H29N3. The standard InChI is InChI=1S/C14H29N3/c1-3-7-15-10-13-6-9-17(11-13)12-14-5-4-8-16(14)2/h13-15H,3-12H2,1-2H3. The van der Waals surface area contributed by atoms with Crippen LogP contribution in [-0.4, -0.2) is 62.2 Å². The SMILES string of the molecule is CCCNCC1CCN(CC2CCCN2C)C1. The average molecular weight is 239 g/mol. The molecule has 0 aromatic heterocycles. The highest BCUT2D eigenvalue weighted by Crippen LogP contribution is 2.20. The van der Waals surface area contributed by atoms with Crippen LogP contribution in [0, 0.1) is 5.92 Å². The number of nitrogens with one attached hydrogen (secondary N) is 1. The van der Waals surface area contributed by atoms with E-state index in [1.807, 2.05) is 0 Å². The van der Waals surface area contributed by atoms with Crippen molar-refractivity contribution in [2.45, 2.75) is 38.6 Å². The zero-order valence-corrected chi connectivity index (χ0v) is 11.6. The summed E-state index contributed by atoms with van der Waals surface area (Å²) in [5.74, 6) is 0.897. The molecule has 2 rings (SSSR count). The summed E-state index contributed by atoms with van der Waals surface area (Å²) in [6.07, 6.45) is 5.46. The van der Waals surface area contributed by atoms with Gasteiger partial charge in [0.05, 0.1) is 0 Å². The van der Waals surface area contributed by atoms with Crippen molar-refractivity contribution in [3.05, 3.63) is 0 Å². The zero-order chi connectivity index (χ0) is 12.1. The highest BCUT2D eigenvalue weighted by atomic mass is 15.2. The Balaban J connectivity index is 1.63. The molecule has 17 heavy (non-hydrogen) atoms. The third-order valence-electron chi connectivity index (χ3n) is 4.37. The van der Waals surface area contributed by atoms with Crippen LogP contribution in [-0.2, 0) is 0 Å². The van der Waals surface area contributed by atoms with E-state index >= 15 is 0 Å². The van der Waals surface area contributed by atoms with Crippen LogP contribution in [0.5, 0.6) is 0 Å². The maximum absolute atomic E-state index is 3.56. The Hall–Kier alpha value is -0.120. The Kier molecular flexibility index (Phi) is 5.26. The molecular weight excluding hydrogens is 210 g/mol. The Morgan fingerprint density at radius 1 is 1.24 bits per heavy atom. The van der Waals surface area contributed by atoms with Gasteiger partial charge in [0.2, 0.25) is 0 Å². The highest BCUT2D eigenvalue weighted by Gasteiger charge is 2.27. The molecule has 3 nitrogen and oxygen atoms in total. The van der Waals surface area contributed by atoms with Gasteiger partial charge in [0.15, 0.2) is 0 Å². The molecule has 2 saturated heterocycles. The number of rotatable bonds is 6. The van der Waals surface area contributed by atoms with E-state index in [4.69, 9.17) is 0 Å². The van der Waals surface area contributed by atoms with Crippen molar-refractivity contribution in [2.24, 2.45) is 5.92 Å². The van der Waals surface area contributed by atoms with Crippen LogP contribution in [0.1, 0.15) is 32.6 Å². The van der Waals surface area contributed by atoms with Crippen molar-refractivity contribution in [3.8, 4) is 0 Å². The summed E-state index contributed by atoms with van der Waals surface area (Å²) in [4.78, 5) is 5.23. The fourth-order valence-electron chi connectivity index (χ4n) is 3.24. The van der Waals surface area contributed by atoms with Gasteiger partial charge in [-0.05, 0) is 64.8 Å². The number of hydrogen-bond donors (Lipinski definition) is 1. The highest BCUT2D eigenvalue weighted by molar-refractivity contribution is 4.84. The van der Waals surface area contributed by atoms with Crippen LogP contribution in [0.3, 0.4) is 0 Å². The molecule has 2 fully saturated rings. The zero-order valence-electron chi connectivity index (χ0n) is 11.6. The number of likely N-dealkylation sites (N-methyl/N-ethyl adjacent to an activating group) is 1. The Morgan fingerprint density at radius 3 is 2.82 bits per heavy atom. The molecule has 2 heterocycles. The molecule has 0 radical (unpaired) electrons. The summed E-state index contributed by atoms with van der Waals surface area (Å²) in [6, 6.07) is 0.831. The fourth-order valence-corrected chi connectivity index (χ4v) is 3.24. The van der Waals surface area contributed by atoms with Crippen LogP contribution < -0.4 is 5.32 Å². The molecule has 0 amide bonds. The summed E-state index contributed by atoms with van der Waals surface area (Å²) in [6.45, 7) is 9.90. The molecule has 0 aromatic carbocycles. The lowest BCUT2D eigenvalue weighted by Crippen LogP contribution is -2.38. The molecule has 2 aliphatic rings. The molecule has 100 valence electrons. The van der Waals surface area contributed by atoms with Crippen LogP contribution in [0.2, 0.25) is 0 Å². The van der Waals surface area contributed by atoms with E-state index in [1.54, 1.807) is 0 Å². The first-order valence-corrected chi connectivity index (χ1v) is 7.43. The lowest BCUT2D eigenvalue weighted by atomic mass is 10.1. The van der Waals surface area contributed by atoms with Gasteiger partial charge in [0.25, 0.3) is 0 Å². The molecule has 0 aliphatic carbocycles. The molecule has 0 bridgehead atoms. The van der Waals surface area contributed by atoms with Gasteiger partial charge in [-0.2, -0.15) is 0 Å². The lowest BCUT2D eigenvalue weighted by Gasteiger charge is -2.25. The second-order valence-electron chi connectivity index (χ2n) is 5.90. The number of nitrogens with zero attached hydrogens (tertiary/aromatic N) is 2.